The van der Waals surface area contributed by atoms with Crippen molar-refractivity contribution in [1.29, 1.82) is 0 Å². The van der Waals surface area contributed by atoms with Crippen molar-refractivity contribution in [2.45, 2.75) is 32.7 Å². The summed E-state index contributed by atoms with van der Waals surface area (Å²) < 4.78 is 0. The number of nitrogens with zero attached hydrogens (tertiary/aromatic N) is 1. The molecule has 0 spiro atoms. The van der Waals surface area contributed by atoms with Crippen LogP contribution in [-0.2, 0) is 4.79 Å². The van der Waals surface area contributed by atoms with Crippen LogP contribution in [0.4, 0.5) is 5.69 Å². The number of Topliss-reactive ketones (excluding diaryl/α,β-unsaturated/α-hetero) is 1. The van der Waals surface area contributed by atoms with Gasteiger partial charge in [0.05, 0.1) is 32.2 Å². The van der Waals surface area contributed by atoms with Crippen molar-refractivity contribution < 1.29 is 14.5 Å². The maximum atomic E-state index is 12.6. The number of benzene rings is 2. The molecule has 1 aliphatic rings. The molecule has 2 N–H and O–H groups in total. The highest BCUT2D eigenvalue weighted by atomic mass is 16.2. The van der Waals surface area contributed by atoms with Crippen molar-refractivity contribution in [3.05, 3.63) is 65.7 Å². The smallest absolute Gasteiger partial charge is 0.275 e. The van der Waals surface area contributed by atoms with Crippen LogP contribution in [0.2, 0.25) is 0 Å². The average molecular weight is 395 g/mol. The van der Waals surface area contributed by atoms with E-state index in [1.165, 1.54) is 10.5 Å². The summed E-state index contributed by atoms with van der Waals surface area (Å²) in [5.74, 6) is 0.218. The van der Waals surface area contributed by atoms with Crippen LogP contribution in [0, 0.1) is 0 Å². The third kappa shape index (κ3) is 5.91. The second-order valence-electron chi connectivity index (χ2n) is 7.84. The Kier molecular flexibility index (Phi) is 7.42. The number of piperazine rings is 1. The molecule has 154 valence electrons. The quantitative estimate of drug-likeness (QED) is 0.676. The molecule has 0 radical (unpaired) electrons. The molecule has 5 nitrogen and oxygen atoms in total. The lowest BCUT2D eigenvalue weighted by Gasteiger charge is -2.33. The number of amides is 1. The minimum Gasteiger partial charge on any atom is -0.360 e. The molecule has 1 saturated heterocycles. The van der Waals surface area contributed by atoms with Crippen LogP contribution in [0.15, 0.2) is 54.6 Å². The third-order valence-electron chi connectivity index (χ3n) is 5.63. The van der Waals surface area contributed by atoms with Crippen LogP contribution in [0.5, 0.6) is 0 Å². The Morgan fingerprint density at radius 3 is 2.28 bits per heavy atom. The number of hydrogen-bond acceptors (Lipinski definition) is 3. The summed E-state index contributed by atoms with van der Waals surface area (Å²) in [5.41, 5.74) is 3.07. The highest BCUT2D eigenvalue weighted by Gasteiger charge is 2.23. The van der Waals surface area contributed by atoms with Gasteiger partial charge in [-0.15, -0.1) is 0 Å². The SMILES string of the molecule is CCC[C@@H](NC(=O)C[NH+]1CCN(c2ccc(C(C)=O)cc2)CC1)c1ccccc1. The van der Waals surface area contributed by atoms with E-state index in [1.54, 1.807) is 6.92 Å². The van der Waals surface area contributed by atoms with Gasteiger partial charge in [-0.2, -0.15) is 0 Å². The largest absolute Gasteiger partial charge is 0.360 e. The normalized spacial score (nSPS) is 15.7. The minimum atomic E-state index is 0.0914. The summed E-state index contributed by atoms with van der Waals surface area (Å²) >= 11 is 0. The number of quaternary nitrogens is 1. The maximum Gasteiger partial charge on any atom is 0.275 e. The lowest BCUT2D eigenvalue weighted by atomic mass is 10.0. The summed E-state index contributed by atoms with van der Waals surface area (Å²) in [7, 11) is 0. The molecule has 1 aliphatic heterocycles. The molecule has 1 amide bonds. The number of ketones is 1. The van der Waals surface area contributed by atoms with Gasteiger partial charge in [0.15, 0.2) is 12.3 Å². The van der Waals surface area contributed by atoms with E-state index in [1.807, 2.05) is 42.5 Å². The second-order valence-corrected chi connectivity index (χ2v) is 7.84. The number of hydrogen-bond donors (Lipinski definition) is 2. The first-order valence-electron chi connectivity index (χ1n) is 10.6. The molecule has 0 aliphatic carbocycles. The number of nitrogens with one attached hydrogen (secondary N) is 2. The highest BCUT2D eigenvalue weighted by molar-refractivity contribution is 5.94. The molecule has 0 aromatic heterocycles. The van der Waals surface area contributed by atoms with Crippen LogP contribution in [0.3, 0.4) is 0 Å². The Morgan fingerprint density at radius 1 is 1.03 bits per heavy atom. The van der Waals surface area contributed by atoms with Gasteiger partial charge in [-0.05, 0) is 43.2 Å². The molecule has 29 heavy (non-hydrogen) atoms. The van der Waals surface area contributed by atoms with Gasteiger partial charge in [-0.3, -0.25) is 9.59 Å². The average Bonchev–Trinajstić information content (AvgIpc) is 2.75. The molecule has 0 saturated carbocycles. The van der Waals surface area contributed by atoms with E-state index < -0.39 is 0 Å². The molecule has 5 heteroatoms. The van der Waals surface area contributed by atoms with Crippen LogP contribution in [0.25, 0.3) is 0 Å². The molecular weight excluding hydrogens is 362 g/mol. The molecule has 1 atom stereocenters. The molecule has 0 bridgehead atoms. The van der Waals surface area contributed by atoms with Crippen LogP contribution >= 0.6 is 0 Å². The van der Waals surface area contributed by atoms with Crippen LogP contribution < -0.4 is 15.1 Å². The Labute approximate surface area is 173 Å². The van der Waals surface area contributed by atoms with Crippen molar-refractivity contribution in [3.63, 3.8) is 0 Å². The molecular formula is C24H32N3O2+. The van der Waals surface area contributed by atoms with E-state index >= 15 is 0 Å². The first kappa shape index (κ1) is 21.1. The molecule has 3 rings (SSSR count). The van der Waals surface area contributed by atoms with Crippen molar-refractivity contribution in [1.82, 2.24) is 5.32 Å². The monoisotopic (exact) mass is 394 g/mol. The Morgan fingerprint density at radius 2 is 1.69 bits per heavy atom. The van der Waals surface area contributed by atoms with Crippen molar-refractivity contribution in [2.75, 3.05) is 37.6 Å². The fourth-order valence-electron chi connectivity index (χ4n) is 3.93. The first-order chi connectivity index (χ1) is 14.1. The zero-order valence-corrected chi connectivity index (χ0v) is 17.5. The van der Waals surface area contributed by atoms with Crippen molar-refractivity contribution >= 4 is 17.4 Å². The molecule has 1 fully saturated rings. The first-order valence-corrected chi connectivity index (χ1v) is 10.6. The zero-order valence-electron chi connectivity index (χ0n) is 17.5. The Hall–Kier alpha value is -2.66. The predicted octanol–water partition coefficient (Wildman–Crippen LogP) is 2.25. The standard InChI is InChI=1S/C24H31N3O2/c1-3-7-23(21-8-5-4-6-9-21)25-24(29)18-26-14-16-27(17-15-26)22-12-10-20(11-13-22)19(2)28/h4-6,8-13,23H,3,7,14-18H2,1-2H3,(H,25,29)/p+1/t23-/m1/s1. The predicted molar refractivity (Wildman–Crippen MR) is 116 cm³/mol. The lowest BCUT2D eigenvalue weighted by Crippen LogP contribution is -3.16. The molecule has 2 aromatic rings. The van der Waals surface area contributed by atoms with E-state index in [9.17, 15) is 9.59 Å². The van der Waals surface area contributed by atoms with Gasteiger partial charge in [0.25, 0.3) is 5.91 Å². The number of rotatable bonds is 8. The zero-order chi connectivity index (χ0) is 20.6. The summed E-state index contributed by atoms with van der Waals surface area (Å²) in [5, 5.41) is 3.24. The van der Waals surface area contributed by atoms with Gasteiger partial charge in [-0.25, -0.2) is 0 Å². The highest BCUT2D eigenvalue weighted by Crippen LogP contribution is 2.18. The van der Waals surface area contributed by atoms with Crippen molar-refractivity contribution in [2.24, 2.45) is 0 Å². The Balaban J connectivity index is 1.49. The number of anilines is 1. The van der Waals surface area contributed by atoms with Crippen LogP contribution in [-0.4, -0.2) is 44.4 Å². The fourth-order valence-corrected chi connectivity index (χ4v) is 3.93. The van der Waals surface area contributed by atoms with E-state index in [0.29, 0.717) is 6.54 Å². The van der Waals surface area contributed by atoms with Gasteiger partial charge in [0, 0.05) is 11.3 Å². The van der Waals surface area contributed by atoms with Gasteiger partial charge in [0.2, 0.25) is 0 Å². The van der Waals surface area contributed by atoms with Crippen molar-refractivity contribution in [3.8, 4) is 0 Å². The summed E-state index contributed by atoms with van der Waals surface area (Å²) in [6.45, 7) is 7.96. The van der Waals surface area contributed by atoms with Gasteiger partial charge >= 0.3 is 0 Å². The van der Waals surface area contributed by atoms with E-state index in [0.717, 1.165) is 50.3 Å². The maximum absolute atomic E-state index is 12.6. The molecule has 2 aromatic carbocycles. The van der Waals surface area contributed by atoms with E-state index in [4.69, 9.17) is 0 Å². The topological polar surface area (TPSA) is 53.9 Å². The molecule has 0 unspecified atom stereocenters. The fraction of sp³-hybridized carbons (Fsp3) is 0.417. The third-order valence-corrected chi connectivity index (χ3v) is 5.63. The van der Waals surface area contributed by atoms with E-state index in [-0.39, 0.29) is 17.7 Å². The molecule has 1 heterocycles. The van der Waals surface area contributed by atoms with Crippen LogP contribution in [0.1, 0.15) is 48.7 Å². The number of carbonyl (C=O) groups excluding carboxylic acids is 2. The summed E-state index contributed by atoms with van der Waals surface area (Å²) in [6, 6.07) is 18.1. The lowest BCUT2D eigenvalue weighted by molar-refractivity contribution is -0.892. The van der Waals surface area contributed by atoms with E-state index in [2.05, 4.69) is 29.3 Å². The minimum absolute atomic E-state index is 0.0914. The summed E-state index contributed by atoms with van der Waals surface area (Å²) in [4.78, 5) is 27.7. The van der Waals surface area contributed by atoms with Gasteiger partial charge in [0.1, 0.15) is 0 Å². The van der Waals surface area contributed by atoms with Gasteiger partial charge < -0.3 is 15.1 Å². The van der Waals surface area contributed by atoms with Gasteiger partial charge in [-0.1, -0.05) is 43.7 Å². The Bertz CT molecular complexity index is 797. The summed E-state index contributed by atoms with van der Waals surface area (Å²) in [6.07, 6.45) is 1.99. The second kappa shape index (κ2) is 10.2. The number of carbonyl (C=O) groups is 2.